The molecule has 0 heterocycles. The number of rotatable bonds is 34. The molecule has 0 aliphatic rings. The van der Waals surface area contributed by atoms with Gasteiger partial charge in [0.15, 0.2) is 0 Å². The van der Waals surface area contributed by atoms with Gasteiger partial charge in [0.1, 0.15) is 0 Å². The lowest BCUT2D eigenvalue weighted by atomic mass is 10.0. The van der Waals surface area contributed by atoms with Crippen LogP contribution in [0.1, 0.15) is 200 Å². The van der Waals surface area contributed by atoms with Crippen molar-refractivity contribution in [2.24, 2.45) is 0 Å². The number of amides is 1. The number of carbonyl (C=O) groups excluding carboxylic acids is 1. The lowest BCUT2D eigenvalue weighted by Crippen LogP contribution is -2.45. The van der Waals surface area contributed by atoms with Gasteiger partial charge in [-0.25, -0.2) is 0 Å². The predicted molar refractivity (Wildman–Crippen MR) is 185 cm³/mol. The molecule has 4 N–H and O–H groups in total. The van der Waals surface area contributed by atoms with E-state index in [1.807, 2.05) is 6.08 Å². The van der Waals surface area contributed by atoms with E-state index in [9.17, 15) is 20.1 Å². The average Bonchev–Trinajstić information content (AvgIpc) is 3.00. The highest BCUT2D eigenvalue weighted by atomic mass is 16.3. The van der Waals surface area contributed by atoms with Crippen molar-refractivity contribution >= 4 is 5.91 Å². The number of aliphatic hydroxyl groups excluding tert-OH is 3. The molecule has 0 aromatic heterocycles. The summed E-state index contributed by atoms with van der Waals surface area (Å²) in [7, 11) is 0. The van der Waals surface area contributed by atoms with E-state index in [1.165, 1.54) is 148 Å². The minimum atomic E-state index is -0.922. The summed E-state index contributed by atoms with van der Waals surface area (Å²) in [6, 6.07) is -0.737. The Labute approximate surface area is 268 Å². The highest BCUT2D eigenvalue weighted by Crippen LogP contribution is 2.15. The van der Waals surface area contributed by atoms with E-state index in [4.69, 9.17) is 0 Å². The molecule has 5 nitrogen and oxygen atoms in total. The third-order valence-corrected chi connectivity index (χ3v) is 8.82. The van der Waals surface area contributed by atoms with Crippen LogP contribution in [0.15, 0.2) is 12.2 Å². The molecule has 0 spiro atoms. The Morgan fingerprint density at radius 3 is 1.35 bits per heavy atom. The van der Waals surface area contributed by atoms with Crippen LogP contribution < -0.4 is 5.32 Å². The first-order valence-corrected chi connectivity index (χ1v) is 19.0. The number of nitrogens with one attached hydrogen (secondary N) is 1. The van der Waals surface area contributed by atoms with Crippen molar-refractivity contribution < 1.29 is 20.1 Å². The first kappa shape index (κ1) is 42.1. The second kappa shape index (κ2) is 34.0. The fraction of sp³-hybridized carbons (Fsp3) is 0.921. The third kappa shape index (κ3) is 30.9. The Morgan fingerprint density at radius 2 is 0.953 bits per heavy atom. The molecular formula is C38H75NO4. The van der Waals surface area contributed by atoms with E-state index in [0.717, 1.165) is 25.7 Å². The second-order valence-corrected chi connectivity index (χ2v) is 13.2. The van der Waals surface area contributed by atoms with Gasteiger partial charge < -0.3 is 20.6 Å². The molecule has 0 aromatic rings. The molecule has 5 heteroatoms. The summed E-state index contributed by atoms with van der Waals surface area (Å²) in [5.41, 5.74) is 0. The predicted octanol–water partition coefficient (Wildman–Crippen LogP) is 10.1. The van der Waals surface area contributed by atoms with E-state index in [2.05, 4.69) is 19.2 Å². The van der Waals surface area contributed by atoms with Crippen LogP contribution in [0.3, 0.4) is 0 Å². The van der Waals surface area contributed by atoms with Crippen LogP contribution in [0.4, 0.5) is 0 Å². The van der Waals surface area contributed by atoms with Crippen LogP contribution in [0.2, 0.25) is 0 Å². The van der Waals surface area contributed by atoms with Gasteiger partial charge in [-0.05, 0) is 19.3 Å². The summed E-state index contributed by atoms with van der Waals surface area (Å²) in [4.78, 5) is 12.4. The van der Waals surface area contributed by atoms with Gasteiger partial charge in [0.05, 0.1) is 31.3 Å². The molecule has 256 valence electrons. The van der Waals surface area contributed by atoms with E-state index >= 15 is 0 Å². The monoisotopic (exact) mass is 610 g/mol. The highest BCUT2D eigenvalue weighted by molar-refractivity contribution is 5.76. The van der Waals surface area contributed by atoms with Gasteiger partial charge in [0.2, 0.25) is 5.91 Å². The Morgan fingerprint density at radius 1 is 0.581 bits per heavy atom. The largest absolute Gasteiger partial charge is 0.394 e. The van der Waals surface area contributed by atoms with Crippen molar-refractivity contribution in [2.45, 2.75) is 218 Å². The van der Waals surface area contributed by atoms with Gasteiger partial charge >= 0.3 is 0 Å². The maximum Gasteiger partial charge on any atom is 0.222 e. The van der Waals surface area contributed by atoms with E-state index in [-0.39, 0.29) is 18.9 Å². The molecule has 0 bridgehead atoms. The smallest absolute Gasteiger partial charge is 0.222 e. The van der Waals surface area contributed by atoms with Gasteiger partial charge in [0, 0.05) is 0 Å². The molecule has 1 amide bonds. The first-order valence-electron chi connectivity index (χ1n) is 19.0. The SMILES string of the molecule is CCCCCCCCCCCCCCCC/C=C/C(O)C(CO)NC(=O)CC(O)CCCCCCCCCCCCCC. The van der Waals surface area contributed by atoms with Crippen molar-refractivity contribution in [1.82, 2.24) is 5.32 Å². The third-order valence-electron chi connectivity index (χ3n) is 8.82. The maximum atomic E-state index is 12.4. The number of hydrogen-bond donors (Lipinski definition) is 4. The molecule has 3 unspecified atom stereocenters. The molecule has 0 aromatic carbocycles. The minimum Gasteiger partial charge on any atom is -0.394 e. The Hall–Kier alpha value is -0.910. The Kier molecular flexibility index (Phi) is 33.3. The maximum absolute atomic E-state index is 12.4. The van der Waals surface area contributed by atoms with E-state index < -0.39 is 18.2 Å². The zero-order chi connectivity index (χ0) is 31.6. The zero-order valence-electron chi connectivity index (χ0n) is 28.8. The van der Waals surface area contributed by atoms with Gasteiger partial charge in [-0.2, -0.15) is 0 Å². The molecule has 0 rings (SSSR count). The lowest BCUT2D eigenvalue weighted by Gasteiger charge is -2.21. The van der Waals surface area contributed by atoms with Crippen LogP contribution in [0, 0.1) is 0 Å². The quantitative estimate of drug-likeness (QED) is 0.0432. The molecule has 43 heavy (non-hydrogen) atoms. The van der Waals surface area contributed by atoms with Crippen LogP contribution >= 0.6 is 0 Å². The number of carbonyl (C=O) groups is 1. The number of unbranched alkanes of at least 4 members (excludes halogenated alkanes) is 25. The van der Waals surface area contributed by atoms with Gasteiger partial charge in [-0.3, -0.25) is 4.79 Å². The van der Waals surface area contributed by atoms with Crippen molar-refractivity contribution in [2.75, 3.05) is 6.61 Å². The summed E-state index contributed by atoms with van der Waals surface area (Å²) >= 11 is 0. The summed E-state index contributed by atoms with van der Waals surface area (Å²) < 4.78 is 0. The molecule has 0 saturated carbocycles. The molecule has 3 atom stereocenters. The standard InChI is InChI=1S/C38H75NO4/c1-3-5-7-9-11-13-15-17-18-19-20-22-24-26-28-30-32-37(42)36(34-40)39-38(43)33-35(41)31-29-27-25-23-21-16-14-12-10-8-6-4-2/h30,32,35-37,40-42H,3-29,31,33-34H2,1-2H3,(H,39,43)/b32-30+. The second-order valence-electron chi connectivity index (χ2n) is 13.2. The van der Waals surface area contributed by atoms with Gasteiger partial charge in [0.25, 0.3) is 0 Å². The van der Waals surface area contributed by atoms with Crippen LogP contribution in [0.25, 0.3) is 0 Å². The summed E-state index contributed by atoms with van der Waals surface area (Å²) in [5.74, 6) is -0.315. The first-order chi connectivity index (χ1) is 21.0. The fourth-order valence-electron chi connectivity index (χ4n) is 5.87. The van der Waals surface area contributed by atoms with Gasteiger partial charge in [-0.15, -0.1) is 0 Å². The van der Waals surface area contributed by atoms with E-state index in [1.54, 1.807) is 6.08 Å². The zero-order valence-corrected chi connectivity index (χ0v) is 28.8. The van der Waals surface area contributed by atoms with Crippen LogP contribution in [-0.2, 0) is 4.79 Å². The van der Waals surface area contributed by atoms with Crippen molar-refractivity contribution in [3.05, 3.63) is 12.2 Å². The molecule has 0 saturated heterocycles. The van der Waals surface area contributed by atoms with Crippen molar-refractivity contribution in [3.63, 3.8) is 0 Å². The molecule has 0 radical (unpaired) electrons. The van der Waals surface area contributed by atoms with Crippen molar-refractivity contribution in [3.8, 4) is 0 Å². The number of hydrogen-bond acceptors (Lipinski definition) is 4. The Balaban J connectivity index is 3.71. The molecular weight excluding hydrogens is 534 g/mol. The highest BCUT2D eigenvalue weighted by Gasteiger charge is 2.20. The van der Waals surface area contributed by atoms with Gasteiger partial charge in [-0.1, -0.05) is 187 Å². The number of aliphatic hydroxyl groups is 3. The van der Waals surface area contributed by atoms with Crippen LogP contribution in [-0.4, -0.2) is 46.1 Å². The summed E-state index contributed by atoms with van der Waals surface area (Å²) in [6.45, 7) is 4.20. The van der Waals surface area contributed by atoms with E-state index in [0.29, 0.717) is 6.42 Å². The lowest BCUT2D eigenvalue weighted by molar-refractivity contribution is -0.124. The molecule has 0 fully saturated rings. The summed E-state index contributed by atoms with van der Waals surface area (Å²) in [5, 5.41) is 33.0. The number of allylic oxidation sites excluding steroid dienone is 1. The van der Waals surface area contributed by atoms with Crippen molar-refractivity contribution in [1.29, 1.82) is 0 Å². The Bertz CT molecular complexity index is 596. The minimum absolute atomic E-state index is 0.0179. The fourth-order valence-corrected chi connectivity index (χ4v) is 5.87. The molecule has 0 aliphatic heterocycles. The average molecular weight is 610 g/mol. The van der Waals surface area contributed by atoms with Crippen LogP contribution in [0.5, 0.6) is 0 Å². The topological polar surface area (TPSA) is 89.8 Å². The summed E-state index contributed by atoms with van der Waals surface area (Å²) in [6.07, 6.45) is 37.6. The normalized spacial score (nSPS) is 13.9. The molecule has 0 aliphatic carbocycles.